The van der Waals surface area contributed by atoms with Crippen LogP contribution >= 0.6 is 0 Å². The summed E-state index contributed by atoms with van der Waals surface area (Å²) < 4.78 is 5.40. The average molecular weight is 371 g/mol. The molecule has 1 heterocycles. The van der Waals surface area contributed by atoms with Gasteiger partial charge in [0, 0.05) is 44.2 Å². The molecule has 0 spiro atoms. The minimum atomic E-state index is 0.146. The third kappa shape index (κ3) is 6.44. The molecule has 0 aliphatic rings. The Hall–Kier alpha value is -2.83. The highest BCUT2D eigenvalue weighted by molar-refractivity contribution is 5.81. The molecule has 146 valence electrons. The second-order valence-electron chi connectivity index (χ2n) is 5.99. The van der Waals surface area contributed by atoms with Crippen molar-refractivity contribution in [2.75, 3.05) is 26.2 Å². The number of nitrogens with one attached hydrogen (secondary N) is 2. The fourth-order valence-corrected chi connectivity index (χ4v) is 2.65. The van der Waals surface area contributed by atoms with Crippen LogP contribution in [-0.4, -0.2) is 48.1 Å². The fourth-order valence-electron chi connectivity index (χ4n) is 2.65. The summed E-state index contributed by atoms with van der Waals surface area (Å²) in [6, 6.07) is 11.7. The maximum atomic E-state index is 12.1. The number of rotatable bonds is 9. The highest BCUT2D eigenvalue weighted by Gasteiger charge is 2.10. The first-order chi connectivity index (χ1) is 13.2. The number of benzene rings is 1. The van der Waals surface area contributed by atoms with E-state index in [9.17, 15) is 4.79 Å². The summed E-state index contributed by atoms with van der Waals surface area (Å²) in [5, 5.41) is 10.5. The predicted molar refractivity (Wildman–Crippen MR) is 107 cm³/mol. The molecule has 1 aromatic carbocycles. The summed E-state index contributed by atoms with van der Waals surface area (Å²) in [7, 11) is 0. The van der Waals surface area contributed by atoms with E-state index in [1.54, 1.807) is 0 Å². The molecule has 2 N–H and O–H groups in total. The normalized spacial score (nSPS) is 11.3. The summed E-state index contributed by atoms with van der Waals surface area (Å²) in [4.78, 5) is 18.4. The van der Waals surface area contributed by atoms with Gasteiger partial charge in [-0.15, -0.1) is 0 Å². The van der Waals surface area contributed by atoms with Crippen LogP contribution in [0.25, 0.3) is 11.3 Å². The molecule has 0 saturated heterocycles. The Balaban J connectivity index is 1.90. The minimum absolute atomic E-state index is 0.146. The monoisotopic (exact) mass is 371 g/mol. The van der Waals surface area contributed by atoms with E-state index in [0.29, 0.717) is 25.5 Å². The van der Waals surface area contributed by atoms with Crippen LogP contribution < -0.4 is 10.6 Å². The molecule has 1 amide bonds. The topological polar surface area (TPSA) is 82.8 Å². The quantitative estimate of drug-likeness (QED) is 0.523. The van der Waals surface area contributed by atoms with Crippen LogP contribution in [0.1, 0.15) is 32.9 Å². The number of guanidine groups is 1. The molecule has 2 aromatic rings. The Labute approximate surface area is 160 Å². The number of aromatic nitrogens is 1. The van der Waals surface area contributed by atoms with Crippen molar-refractivity contribution in [1.29, 1.82) is 0 Å². The zero-order valence-electron chi connectivity index (χ0n) is 16.4. The molecule has 7 heteroatoms. The van der Waals surface area contributed by atoms with Crippen LogP contribution in [0.3, 0.4) is 0 Å². The van der Waals surface area contributed by atoms with Crippen molar-refractivity contribution in [3.05, 3.63) is 42.1 Å². The van der Waals surface area contributed by atoms with Crippen LogP contribution in [0, 0.1) is 0 Å². The van der Waals surface area contributed by atoms with E-state index in [4.69, 9.17) is 4.52 Å². The number of nitrogens with zero attached hydrogens (tertiary/aromatic N) is 3. The van der Waals surface area contributed by atoms with E-state index in [1.165, 1.54) is 0 Å². The van der Waals surface area contributed by atoms with Crippen molar-refractivity contribution in [2.45, 2.75) is 33.7 Å². The van der Waals surface area contributed by atoms with Gasteiger partial charge in [0.2, 0.25) is 5.91 Å². The number of hydrogen-bond acceptors (Lipinski definition) is 4. The predicted octanol–water partition coefficient (Wildman–Crippen LogP) is 2.66. The van der Waals surface area contributed by atoms with Crippen LogP contribution in [0.15, 0.2) is 45.9 Å². The standard InChI is InChI=1S/C20H29N5O2/c1-4-21-20(22-13-12-19(26)25(5-2)6-3)23-15-17-14-18(27-24-17)16-10-8-7-9-11-16/h7-11,14H,4-6,12-13,15H2,1-3H3,(H2,21,22,23). The molecule has 0 bridgehead atoms. The van der Waals surface area contributed by atoms with Gasteiger partial charge in [-0.3, -0.25) is 4.79 Å². The van der Waals surface area contributed by atoms with Crippen molar-refractivity contribution in [1.82, 2.24) is 20.7 Å². The molecule has 0 fully saturated rings. The summed E-state index contributed by atoms with van der Waals surface area (Å²) >= 11 is 0. The van der Waals surface area contributed by atoms with E-state index in [1.807, 2.05) is 62.1 Å². The number of hydrogen-bond donors (Lipinski definition) is 2. The van der Waals surface area contributed by atoms with Gasteiger partial charge in [-0.05, 0) is 20.8 Å². The Morgan fingerprint density at radius 3 is 2.56 bits per heavy atom. The molecule has 0 atom stereocenters. The van der Waals surface area contributed by atoms with Gasteiger partial charge in [-0.2, -0.15) is 0 Å². The largest absolute Gasteiger partial charge is 0.357 e. The lowest BCUT2D eigenvalue weighted by atomic mass is 10.2. The lowest BCUT2D eigenvalue weighted by Gasteiger charge is -2.19. The van der Waals surface area contributed by atoms with E-state index < -0.39 is 0 Å². The maximum absolute atomic E-state index is 12.1. The van der Waals surface area contributed by atoms with Gasteiger partial charge in [-0.25, -0.2) is 4.99 Å². The highest BCUT2D eigenvalue weighted by Crippen LogP contribution is 2.19. The molecule has 0 saturated carbocycles. The van der Waals surface area contributed by atoms with Crippen molar-refractivity contribution >= 4 is 11.9 Å². The molecule has 0 aliphatic carbocycles. The van der Waals surface area contributed by atoms with Crippen LogP contribution in [-0.2, 0) is 11.3 Å². The lowest BCUT2D eigenvalue weighted by Crippen LogP contribution is -2.40. The van der Waals surface area contributed by atoms with E-state index in [-0.39, 0.29) is 5.91 Å². The first kappa shape index (κ1) is 20.5. The third-order valence-electron chi connectivity index (χ3n) is 4.11. The first-order valence-corrected chi connectivity index (χ1v) is 9.48. The van der Waals surface area contributed by atoms with Crippen LogP contribution in [0.4, 0.5) is 0 Å². The molecule has 27 heavy (non-hydrogen) atoms. The van der Waals surface area contributed by atoms with Gasteiger partial charge in [0.15, 0.2) is 11.7 Å². The molecular formula is C20H29N5O2. The van der Waals surface area contributed by atoms with Crippen molar-refractivity contribution in [3.63, 3.8) is 0 Å². The Morgan fingerprint density at radius 2 is 1.89 bits per heavy atom. The average Bonchev–Trinajstić information content (AvgIpc) is 3.17. The van der Waals surface area contributed by atoms with E-state index in [2.05, 4.69) is 20.8 Å². The molecule has 7 nitrogen and oxygen atoms in total. The molecule has 0 radical (unpaired) electrons. The number of aliphatic imine (C=N–C) groups is 1. The zero-order chi connectivity index (χ0) is 19.5. The second-order valence-corrected chi connectivity index (χ2v) is 5.99. The number of carbonyl (C=O) groups is 1. The second kappa shape index (κ2) is 11.0. The van der Waals surface area contributed by atoms with Gasteiger partial charge in [0.05, 0.1) is 6.54 Å². The molecule has 2 rings (SSSR count). The SMILES string of the molecule is CCNC(=NCc1cc(-c2ccccc2)on1)NCCC(=O)N(CC)CC. The van der Waals surface area contributed by atoms with Crippen molar-refractivity contribution < 1.29 is 9.32 Å². The van der Waals surface area contributed by atoms with Crippen molar-refractivity contribution in [3.8, 4) is 11.3 Å². The van der Waals surface area contributed by atoms with Gasteiger partial charge >= 0.3 is 0 Å². The summed E-state index contributed by atoms with van der Waals surface area (Å²) in [5.41, 5.74) is 1.74. The van der Waals surface area contributed by atoms with Crippen LogP contribution in [0.5, 0.6) is 0 Å². The summed E-state index contributed by atoms with van der Waals surface area (Å²) in [5.74, 6) is 1.53. The van der Waals surface area contributed by atoms with E-state index >= 15 is 0 Å². The zero-order valence-corrected chi connectivity index (χ0v) is 16.4. The molecule has 0 unspecified atom stereocenters. The van der Waals surface area contributed by atoms with Gasteiger partial charge in [0.25, 0.3) is 0 Å². The molecule has 1 aromatic heterocycles. The number of carbonyl (C=O) groups excluding carboxylic acids is 1. The number of amides is 1. The maximum Gasteiger partial charge on any atom is 0.224 e. The minimum Gasteiger partial charge on any atom is -0.357 e. The summed E-state index contributed by atoms with van der Waals surface area (Å²) in [6.07, 6.45) is 0.439. The fraction of sp³-hybridized carbons (Fsp3) is 0.450. The Bertz CT molecular complexity index is 723. The Morgan fingerprint density at radius 1 is 1.15 bits per heavy atom. The van der Waals surface area contributed by atoms with Gasteiger partial charge in [0.1, 0.15) is 5.69 Å². The highest BCUT2D eigenvalue weighted by atomic mass is 16.5. The van der Waals surface area contributed by atoms with E-state index in [0.717, 1.165) is 36.7 Å². The molecule has 0 aliphatic heterocycles. The third-order valence-corrected chi connectivity index (χ3v) is 4.11. The Kier molecular flexibility index (Phi) is 8.35. The summed E-state index contributed by atoms with van der Waals surface area (Å²) in [6.45, 7) is 9.12. The van der Waals surface area contributed by atoms with Gasteiger partial charge in [-0.1, -0.05) is 35.5 Å². The lowest BCUT2D eigenvalue weighted by molar-refractivity contribution is -0.130. The smallest absolute Gasteiger partial charge is 0.224 e. The van der Waals surface area contributed by atoms with Crippen LogP contribution in [0.2, 0.25) is 0 Å². The molecular weight excluding hydrogens is 342 g/mol. The first-order valence-electron chi connectivity index (χ1n) is 9.48. The van der Waals surface area contributed by atoms with Gasteiger partial charge < -0.3 is 20.1 Å². The van der Waals surface area contributed by atoms with Crippen molar-refractivity contribution in [2.24, 2.45) is 4.99 Å².